The van der Waals surface area contributed by atoms with Crippen LogP contribution in [0.3, 0.4) is 0 Å². The van der Waals surface area contributed by atoms with Crippen LogP contribution in [0.4, 0.5) is 5.82 Å². The predicted octanol–water partition coefficient (Wildman–Crippen LogP) is 2.07. The number of hydrogen-bond donors (Lipinski definition) is 2. The molecule has 3 rings (SSSR count). The van der Waals surface area contributed by atoms with Crippen molar-refractivity contribution in [1.82, 2.24) is 15.0 Å². The van der Waals surface area contributed by atoms with Crippen molar-refractivity contribution in [2.45, 2.75) is 4.90 Å². The summed E-state index contributed by atoms with van der Waals surface area (Å²) in [6, 6.07) is 10.4. The van der Waals surface area contributed by atoms with Gasteiger partial charge in [-0.15, -0.1) is 0 Å². The first-order valence-electron chi connectivity index (χ1n) is 6.32. The van der Waals surface area contributed by atoms with Gasteiger partial charge in [0.2, 0.25) is 0 Å². The fourth-order valence-corrected chi connectivity index (χ4v) is 2.71. The number of nitrogens with zero attached hydrogens (tertiary/aromatic N) is 2. The highest BCUT2D eigenvalue weighted by Crippen LogP contribution is 2.23. The van der Waals surface area contributed by atoms with Crippen LogP contribution >= 0.6 is 0 Å². The van der Waals surface area contributed by atoms with Gasteiger partial charge in [0, 0.05) is 18.9 Å². The summed E-state index contributed by atoms with van der Waals surface area (Å²) < 4.78 is 23.2. The normalized spacial score (nSPS) is 11.7. The average molecular weight is 302 g/mol. The van der Waals surface area contributed by atoms with Crippen molar-refractivity contribution in [3.63, 3.8) is 0 Å². The van der Waals surface area contributed by atoms with Gasteiger partial charge in [0.1, 0.15) is 11.6 Å². The SMILES string of the molecule is CNc1ccc2[nH]c(-c3cccc(S(C)(=O)=O)c3)nc2n1. The molecule has 0 atom stereocenters. The summed E-state index contributed by atoms with van der Waals surface area (Å²) in [5.41, 5.74) is 2.09. The van der Waals surface area contributed by atoms with E-state index in [2.05, 4.69) is 20.3 Å². The summed E-state index contributed by atoms with van der Waals surface area (Å²) in [6.07, 6.45) is 1.19. The second-order valence-electron chi connectivity index (χ2n) is 4.70. The van der Waals surface area contributed by atoms with Crippen molar-refractivity contribution in [1.29, 1.82) is 0 Å². The molecule has 0 amide bonds. The number of fused-ring (bicyclic) bond motifs is 1. The number of anilines is 1. The molecule has 6 nitrogen and oxygen atoms in total. The largest absolute Gasteiger partial charge is 0.373 e. The third-order valence-electron chi connectivity index (χ3n) is 3.14. The van der Waals surface area contributed by atoms with Crippen LogP contribution in [0.5, 0.6) is 0 Å². The molecule has 0 aliphatic carbocycles. The maximum atomic E-state index is 11.6. The van der Waals surface area contributed by atoms with Crippen LogP contribution in [0.25, 0.3) is 22.6 Å². The lowest BCUT2D eigenvalue weighted by Crippen LogP contribution is -1.97. The molecular weight excluding hydrogens is 288 g/mol. The molecule has 0 radical (unpaired) electrons. The standard InChI is InChI=1S/C14H14N4O2S/c1-15-12-7-6-11-14(17-12)18-13(16-11)9-4-3-5-10(8-9)21(2,19)20/h3-8H,1-2H3,(H2,15,16,17,18). The minimum Gasteiger partial charge on any atom is -0.373 e. The van der Waals surface area contributed by atoms with Crippen molar-refractivity contribution >= 4 is 26.8 Å². The molecule has 0 aliphatic rings. The van der Waals surface area contributed by atoms with E-state index in [9.17, 15) is 8.42 Å². The minimum atomic E-state index is -3.24. The van der Waals surface area contributed by atoms with E-state index in [4.69, 9.17) is 0 Å². The first-order chi connectivity index (χ1) is 9.97. The number of aromatic amines is 1. The molecule has 0 fully saturated rings. The third-order valence-corrected chi connectivity index (χ3v) is 4.25. The molecule has 0 saturated heterocycles. The van der Waals surface area contributed by atoms with Crippen LogP contribution in [0.1, 0.15) is 0 Å². The zero-order chi connectivity index (χ0) is 15.0. The molecule has 0 bridgehead atoms. The van der Waals surface area contributed by atoms with E-state index in [1.54, 1.807) is 25.2 Å². The van der Waals surface area contributed by atoms with Crippen LogP contribution in [0, 0.1) is 0 Å². The van der Waals surface area contributed by atoms with Gasteiger partial charge in [-0.2, -0.15) is 0 Å². The highest BCUT2D eigenvalue weighted by molar-refractivity contribution is 7.90. The van der Waals surface area contributed by atoms with Crippen LogP contribution in [0.2, 0.25) is 0 Å². The Morgan fingerprint density at radius 2 is 1.95 bits per heavy atom. The summed E-state index contributed by atoms with van der Waals surface area (Å²) in [5.74, 6) is 1.32. The maximum Gasteiger partial charge on any atom is 0.180 e. The van der Waals surface area contributed by atoms with E-state index >= 15 is 0 Å². The molecular formula is C14H14N4O2S. The first-order valence-corrected chi connectivity index (χ1v) is 8.21. The van der Waals surface area contributed by atoms with E-state index < -0.39 is 9.84 Å². The number of imidazole rings is 1. The van der Waals surface area contributed by atoms with Crippen molar-refractivity contribution in [2.75, 3.05) is 18.6 Å². The lowest BCUT2D eigenvalue weighted by molar-refractivity contribution is 0.602. The van der Waals surface area contributed by atoms with Gasteiger partial charge in [-0.05, 0) is 24.3 Å². The number of aromatic nitrogens is 3. The molecule has 21 heavy (non-hydrogen) atoms. The van der Waals surface area contributed by atoms with E-state index in [0.717, 1.165) is 11.3 Å². The first kappa shape index (κ1) is 13.6. The van der Waals surface area contributed by atoms with E-state index in [0.29, 0.717) is 17.0 Å². The fourth-order valence-electron chi connectivity index (χ4n) is 2.04. The molecule has 7 heteroatoms. The van der Waals surface area contributed by atoms with Gasteiger partial charge in [-0.25, -0.2) is 18.4 Å². The summed E-state index contributed by atoms with van der Waals surface area (Å²) in [7, 11) is -1.45. The molecule has 108 valence electrons. The zero-order valence-electron chi connectivity index (χ0n) is 11.6. The topological polar surface area (TPSA) is 87.7 Å². The molecule has 0 saturated carbocycles. The number of hydrogen-bond acceptors (Lipinski definition) is 5. The van der Waals surface area contributed by atoms with Crippen LogP contribution < -0.4 is 5.32 Å². The van der Waals surface area contributed by atoms with Crippen LogP contribution in [-0.4, -0.2) is 36.7 Å². The Morgan fingerprint density at radius 1 is 1.14 bits per heavy atom. The Labute approximate surface area is 122 Å². The summed E-state index contributed by atoms with van der Waals surface area (Å²) in [6.45, 7) is 0. The third kappa shape index (κ3) is 2.59. The van der Waals surface area contributed by atoms with Gasteiger partial charge in [-0.3, -0.25) is 0 Å². The second-order valence-corrected chi connectivity index (χ2v) is 6.72. The number of rotatable bonds is 3. The van der Waals surface area contributed by atoms with E-state index in [-0.39, 0.29) is 4.90 Å². The number of benzene rings is 1. The Morgan fingerprint density at radius 3 is 2.67 bits per heavy atom. The molecule has 1 aromatic carbocycles. The lowest BCUT2D eigenvalue weighted by atomic mass is 10.2. The molecule has 3 aromatic rings. The van der Waals surface area contributed by atoms with Crippen molar-refractivity contribution in [3.8, 4) is 11.4 Å². The van der Waals surface area contributed by atoms with Gasteiger partial charge in [-0.1, -0.05) is 12.1 Å². The zero-order valence-corrected chi connectivity index (χ0v) is 12.4. The van der Waals surface area contributed by atoms with Crippen LogP contribution in [0.15, 0.2) is 41.3 Å². The monoisotopic (exact) mass is 302 g/mol. The highest BCUT2D eigenvalue weighted by atomic mass is 32.2. The van der Waals surface area contributed by atoms with E-state index in [1.807, 2.05) is 18.2 Å². The van der Waals surface area contributed by atoms with Crippen molar-refractivity contribution in [2.24, 2.45) is 0 Å². The second kappa shape index (κ2) is 4.85. The lowest BCUT2D eigenvalue weighted by Gasteiger charge is -2.00. The quantitative estimate of drug-likeness (QED) is 0.773. The maximum absolute atomic E-state index is 11.6. The van der Waals surface area contributed by atoms with Gasteiger partial charge in [0.05, 0.1) is 10.4 Å². The summed E-state index contributed by atoms with van der Waals surface area (Å²) in [5, 5.41) is 2.95. The number of pyridine rings is 1. The highest BCUT2D eigenvalue weighted by Gasteiger charge is 2.11. The van der Waals surface area contributed by atoms with Gasteiger partial charge < -0.3 is 10.3 Å². The molecule has 0 aliphatic heterocycles. The van der Waals surface area contributed by atoms with Crippen LogP contribution in [-0.2, 0) is 9.84 Å². The predicted molar refractivity (Wildman–Crippen MR) is 82.0 cm³/mol. The Bertz CT molecular complexity index is 916. The van der Waals surface area contributed by atoms with Crippen molar-refractivity contribution in [3.05, 3.63) is 36.4 Å². The van der Waals surface area contributed by atoms with Gasteiger partial charge in [0.25, 0.3) is 0 Å². The van der Waals surface area contributed by atoms with E-state index in [1.165, 1.54) is 6.26 Å². The minimum absolute atomic E-state index is 0.268. The average Bonchev–Trinajstić information content (AvgIpc) is 2.89. The number of sulfone groups is 1. The summed E-state index contributed by atoms with van der Waals surface area (Å²) >= 11 is 0. The number of nitrogens with one attached hydrogen (secondary N) is 2. The Hall–Kier alpha value is -2.41. The smallest absolute Gasteiger partial charge is 0.180 e. The molecule has 2 N–H and O–H groups in total. The fraction of sp³-hybridized carbons (Fsp3) is 0.143. The number of H-pyrrole nitrogens is 1. The molecule has 0 unspecified atom stereocenters. The Balaban J connectivity index is 2.12. The molecule has 2 aromatic heterocycles. The van der Waals surface area contributed by atoms with Crippen molar-refractivity contribution < 1.29 is 8.42 Å². The van der Waals surface area contributed by atoms with Gasteiger partial charge >= 0.3 is 0 Å². The summed E-state index contributed by atoms with van der Waals surface area (Å²) in [4.78, 5) is 12.2. The van der Waals surface area contributed by atoms with Gasteiger partial charge in [0.15, 0.2) is 15.5 Å². The molecule has 2 heterocycles. The molecule has 0 spiro atoms. The Kier molecular flexibility index (Phi) is 3.13.